The number of ether oxygens (including phenoxy) is 1. The Labute approximate surface area is 84.1 Å². The zero-order valence-corrected chi connectivity index (χ0v) is 8.54. The third-order valence-electron chi connectivity index (χ3n) is 2.44. The molecule has 0 saturated carbocycles. The van der Waals surface area contributed by atoms with Gasteiger partial charge in [0, 0.05) is 6.42 Å². The van der Waals surface area contributed by atoms with Crippen LogP contribution in [-0.2, 0) is 14.3 Å². The smallest absolute Gasteiger partial charge is 0.320 e. The van der Waals surface area contributed by atoms with Crippen LogP contribution in [0.3, 0.4) is 0 Å². The lowest BCUT2D eigenvalue weighted by Gasteiger charge is -2.13. The Hall–Kier alpha value is -1.12. The van der Waals surface area contributed by atoms with Crippen molar-refractivity contribution in [3.05, 3.63) is 12.2 Å². The van der Waals surface area contributed by atoms with Crippen LogP contribution in [0, 0.1) is 5.92 Å². The van der Waals surface area contributed by atoms with Crippen LogP contribution >= 0.6 is 0 Å². The van der Waals surface area contributed by atoms with Crippen molar-refractivity contribution in [2.45, 2.75) is 39.0 Å². The monoisotopic (exact) mass is 196 g/mol. The summed E-state index contributed by atoms with van der Waals surface area (Å²) < 4.78 is 4.65. The number of hydrogen-bond donors (Lipinski definition) is 0. The van der Waals surface area contributed by atoms with E-state index in [-0.39, 0.29) is 5.92 Å². The Balaban J connectivity index is 2.63. The van der Waals surface area contributed by atoms with E-state index in [9.17, 15) is 9.59 Å². The summed E-state index contributed by atoms with van der Waals surface area (Å²) in [5.41, 5.74) is 0.896. The van der Waals surface area contributed by atoms with Crippen LogP contribution in [-0.4, -0.2) is 11.9 Å². The van der Waals surface area contributed by atoms with Gasteiger partial charge in [-0.25, -0.2) is 0 Å². The summed E-state index contributed by atoms with van der Waals surface area (Å²) >= 11 is 0. The van der Waals surface area contributed by atoms with Crippen molar-refractivity contribution < 1.29 is 14.3 Å². The molecule has 1 fully saturated rings. The van der Waals surface area contributed by atoms with Crippen molar-refractivity contribution in [1.82, 2.24) is 0 Å². The van der Waals surface area contributed by atoms with Crippen molar-refractivity contribution in [3.8, 4) is 0 Å². The second-order valence-corrected chi connectivity index (χ2v) is 3.65. The molecular weight excluding hydrogens is 180 g/mol. The van der Waals surface area contributed by atoms with Gasteiger partial charge in [0.2, 0.25) is 0 Å². The van der Waals surface area contributed by atoms with E-state index in [0.29, 0.717) is 12.8 Å². The van der Waals surface area contributed by atoms with Crippen molar-refractivity contribution in [2.75, 3.05) is 0 Å². The minimum Gasteiger partial charge on any atom is -0.393 e. The van der Waals surface area contributed by atoms with E-state index < -0.39 is 11.9 Å². The number of rotatable bonds is 3. The Morgan fingerprint density at radius 2 is 2.29 bits per heavy atom. The molecule has 1 atom stereocenters. The fourth-order valence-electron chi connectivity index (χ4n) is 1.67. The maximum Gasteiger partial charge on any atom is 0.320 e. The first-order valence-electron chi connectivity index (χ1n) is 5.07. The topological polar surface area (TPSA) is 43.4 Å². The number of carbonyl (C=O) groups excluding carboxylic acids is 2. The van der Waals surface area contributed by atoms with Gasteiger partial charge in [-0.2, -0.15) is 0 Å². The predicted molar refractivity (Wildman–Crippen MR) is 52.5 cm³/mol. The van der Waals surface area contributed by atoms with Gasteiger partial charge in [-0.05, 0) is 19.3 Å². The highest BCUT2D eigenvalue weighted by atomic mass is 16.6. The first-order chi connectivity index (χ1) is 6.65. The third kappa shape index (κ3) is 2.69. The van der Waals surface area contributed by atoms with Crippen molar-refractivity contribution >= 4 is 11.9 Å². The molecule has 1 heterocycles. The van der Waals surface area contributed by atoms with Crippen molar-refractivity contribution in [1.29, 1.82) is 0 Å². The van der Waals surface area contributed by atoms with Crippen LogP contribution in [0.15, 0.2) is 12.2 Å². The Kier molecular flexibility index (Phi) is 3.86. The average molecular weight is 196 g/mol. The number of esters is 2. The number of hydrogen-bond acceptors (Lipinski definition) is 3. The summed E-state index contributed by atoms with van der Waals surface area (Å²) in [4.78, 5) is 22.4. The maximum atomic E-state index is 11.4. The van der Waals surface area contributed by atoms with Crippen LogP contribution in [0.1, 0.15) is 39.0 Å². The lowest BCUT2D eigenvalue weighted by atomic mass is 9.92. The van der Waals surface area contributed by atoms with Gasteiger partial charge in [-0.1, -0.05) is 25.5 Å². The quantitative estimate of drug-likeness (QED) is 0.395. The summed E-state index contributed by atoms with van der Waals surface area (Å²) in [5.74, 6) is -1.07. The Morgan fingerprint density at radius 1 is 1.57 bits per heavy atom. The maximum absolute atomic E-state index is 11.4. The minimum atomic E-state index is -0.411. The molecule has 14 heavy (non-hydrogen) atoms. The average Bonchev–Trinajstić information content (AvgIpc) is 2.27. The van der Waals surface area contributed by atoms with E-state index in [4.69, 9.17) is 0 Å². The molecule has 3 heteroatoms. The lowest BCUT2D eigenvalue weighted by Crippen LogP contribution is -2.19. The van der Waals surface area contributed by atoms with Crippen LogP contribution in [0.25, 0.3) is 0 Å². The zero-order valence-electron chi connectivity index (χ0n) is 8.54. The number of cyclic esters (lactones) is 2. The largest absolute Gasteiger partial charge is 0.393 e. The highest BCUT2D eigenvalue weighted by Crippen LogP contribution is 2.25. The van der Waals surface area contributed by atoms with Crippen LogP contribution in [0.4, 0.5) is 0 Å². The number of carbonyl (C=O) groups is 2. The van der Waals surface area contributed by atoms with Gasteiger partial charge in [0.05, 0.1) is 5.92 Å². The first-order valence-corrected chi connectivity index (χ1v) is 5.07. The Bertz CT molecular complexity index is 255. The molecule has 78 valence electrons. The van der Waals surface area contributed by atoms with Gasteiger partial charge < -0.3 is 4.74 Å². The van der Waals surface area contributed by atoms with Gasteiger partial charge in [0.25, 0.3) is 0 Å². The molecule has 0 amide bonds. The second kappa shape index (κ2) is 4.94. The van der Waals surface area contributed by atoms with Crippen LogP contribution in [0.2, 0.25) is 0 Å². The SMILES string of the molecule is C=C(CCC)C1CCCC(=O)OC1=O. The fourth-order valence-corrected chi connectivity index (χ4v) is 1.67. The van der Waals surface area contributed by atoms with E-state index in [1.807, 2.05) is 6.92 Å². The van der Waals surface area contributed by atoms with E-state index in [1.54, 1.807) is 0 Å². The summed E-state index contributed by atoms with van der Waals surface area (Å²) in [6, 6.07) is 0. The van der Waals surface area contributed by atoms with Gasteiger partial charge in [-0.3, -0.25) is 9.59 Å². The van der Waals surface area contributed by atoms with E-state index in [2.05, 4.69) is 11.3 Å². The van der Waals surface area contributed by atoms with Gasteiger partial charge >= 0.3 is 11.9 Å². The summed E-state index contributed by atoms with van der Waals surface area (Å²) in [5, 5.41) is 0. The highest BCUT2D eigenvalue weighted by molar-refractivity contribution is 5.89. The van der Waals surface area contributed by atoms with E-state index >= 15 is 0 Å². The summed E-state index contributed by atoms with van der Waals surface area (Å²) in [6.45, 7) is 5.91. The van der Waals surface area contributed by atoms with Crippen molar-refractivity contribution in [3.63, 3.8) is 0 Å². The predicted octanol–water partition coefficient (Wildman–Crippen LogP) is 2.21. The molecule has 0 aromatic carbocycles. The van der Waals surface area contributed by atoms with Crippen LogP contribution < -0.4 is 0 Å². The standard InChI is InChI=1S/C11H16O3/c1-3-5-8(2)9-6-4-7-10(12)14-11(9)13/h9H,2-7H2,1H3. The molecule has 0 spiro atoms. The van der Waals surface area contributed by atoms with E-state index in [1.165, 1.54) is 0 Å². The van der Waals surface area contributed by atoms with Crippen LogP contribution in [0.5, 0.6) is 0 Å². The highest BCUT2D eigenvalue weighted by Gasteiger charge is 2.27. The summed E-state index contributed by atoms with van der Waals surface area (Å²) in [7, 11) is 0. The molecular formula is C11H16O3. The molecule has 0 aromatic heterocycles. The van der Waals surface area contributed by atoms with Gasteiger partial charge in [0.1, 0.15) is 0 Å². The lowest BCUT2D eigenvalue weighted by molar-refractivity contribution is -0.160. The third-order valence-corrected chi connectivity index (χ3v) is 2.44. The minimum absolute atomic E-state index is 0.263. The molecule has 1 unspecified atom stereocenters. The molecule has 0 bridgehead atoms. The summed E-state index contributed by atoms with van der Waals surface area (Å²) in [6.07, 6.45) is 3.56. The molecule has 0 N–H and O–H groups in total. The molecule has 1 aliphatic heterocycles. The second-order valence-electron chi connectivity index (χ2n) is 3.65. The molecule has 0 radical (unpaired) electrons. The normalized spacial score (nSPS) is 22.8. The Morgan fingerprint density at radius 3 is 2.93 bits per heavy atom. The van der Waals surface area contributed by atoms with Crippen molar-refractivity contribution in [2.24, 2.45) is 5.92 Å². The van der Waals surface area contributed by atoms with Gasteiger partial charge in [0.15, 0.2) is 0 Å². The molecule has 3 nitrogen and oxygen atoms in total. The van der Waals surface area contributed by atoms with E-state index in [0.717, 1.165) is 24.8 Å². The molecule has 1 aliphatic rings. The molecule has 1 rings (SSSR count). The zero-order chi connectivity index (χ0) is 10.6. The first kappa shape index (κ1) is 11.0. The molecule has 1 saturated heterocycles. The van der Waals surface area contributed by atoms with Gasteiger partial charge in [-0.15, -0.1) is 0 Å². The molecule has 0 aliphatic carbocycles. The fraction of sp³-hybridized carbons (Fsp3) is 0.636. The molecule has 0 aromatic rings.